The largest absolute Gasteiger partial charge is 0.507 e. The summed E-state index contributed by atoms with van der Waals surface area (Å²) in [7, 11) is 0. The lowest BCUT2D eigenvalue weighted by Crippen LogP contribution is -2.35. The molecule has 1 heterocycles. The fourth-order valence-electron chi connectivity index (χ4n) is 4.42. The second-order valence-corrected chi connectivity index (χ2v) is 9.19. The van der Waals surface area contributed by atoms with Crippen molar-refractivity contribution in [1.29, 1.82) is 0 Å². The van der Waals surface area contributed by atoms with Crippen molar-refractivity contribution in [1.82, 2.24) is 15.1 Å². The van der Waals surface area contributed by atoms with Crippen LogP contribution in [0.3, 0.4) is 0 Å². The molecule has 0 spiro atoms. The predicted molar refractivity (Wildman–Crippen MR) is 133 cm³/mol. The van der Waals surface area contributed by atoms with E-state index in [2.05, 4.69) is 22.7 Å². The molecular weight excluding hydrogens is 428 g/mol. The number of hydrogen-bond acceptors (Lipinski definition) is 4. The molecule has 0 atom stereocenters. The molecule has 3 N–H and O–H groups in total. The Balaban J connectivity index is 1.64. The molecule has 34 heavy (non-hydrogen) atoms. The standard InChI is InChI=1S/C27H32N4O3/c1-4-18-9-11-20(12-10-18)26(33)29-21-13-14-25(32)22(15-21)23-16-24(19-7-5-6-8-19)31(30-23)27(34)28-17(2)3/h9-17,19,32H,4-8H2,1-3H3,(H,28,34)(H,29,33). The highest BCUT2D eigenvalue weighted by Gasteiger charge is 2.26. The first kappa shape index (κ1) is 23.5. The highest BCUT2D eigenvalue weighted by Crippen LogP contribution is 2.38. The minimum absolute atomic E-state index is 0.0186. The molecule has 0 unspecified atom stereocenters. The van der Waals surface area contributed by atoms with Crippen LogP contribution in [0, 0.1) is 0 Å². The number of amides is 2. The van der Waals surface area contributed by atoms with Crippen molar-refractivity contribution in [3.05, 3.63) is 65.4 Å². The lowest BCUT2D eigenvalue weighted by molar-refractivity contribution is 0.102. The molecule has 1 fully saturated rings. The molecule has 4 rings (SSSR count). The highest BCUT2D eigenvalue weighted by atomic mass is 16.3. The van der Waals surface area contributed by atoms with Crippen molar-refractivity contribution < 1.29 is 14.7 Å². The molecule has 1 saturated carbocycles. The zero-order chi connectivity index (χ0) is 24.2. The van der Waals surface area contributed by atoms with Gasteiger partial charge < -0.3 is 15.7 Å². The maximum Gasteiger partial charge on any atom is 0.342 e. The van der Waals surface area contributed by atoms with E-state index in [9.17, 15) is 14.7 Å². The molecule has 0 aliphatic heterocycles. The van der Waals surface area contributed by atoms with E-state index in [0.29, 0.717) is 22.5 Å². The minimum Gasteiger partial charge on any atom is -0.507 e. The van der Waals surface area contributed by atoms with Gasteiger partial charge in [-0.15, -0.1) is 0 Å². The normalized spacial score (nSPS) is 13.9. The van der Waals surface area contributed by atoms with E-state index in [4.69, 9.17) is 0 Å². The van der Waals surface area contributed by atoms with Gasteiger partial charge in [0.05, 0.1) is 11.4 Å². The molecule has 2 amide bonds. The Labute approximate surface area is 200 Å². The van der Waals surface area contributed by atoms with Gasteiger partial charge in [0.25, 0.3) is 5.91 Å². The SMILES string of the molecule is CCc1ccc(C(=O)Nc2ccc(O)c(-c3cc(C4CCCC4)n(C(=O)NC(C)C)n3)c2)cc1. The third kappa shape index (κ3) is 5.14. The highest BCUT2D eigenvalue weighted by molar-refractivity contribution is 6.04. The second-order valence-electron chi connectivity index (χ2n) is 9.19. The van der Waals surface area contributed by atoms with E-state index < -0.39 is 0 Å². The van der Waals surface area contributed by atoms with Gasteiger partial charge in [-0.25, -0.2) is 4.79 Å². The number of carbonyl (C=O) groups excluding carboxylic acids is 2. The first-order valence-electron chi connectivity index (χ1n) is 12.0. The number of nitrogens with one attached hydrogen (secondary N) is 2. The molecule has 7 nitrogen and oxygen atoms in total. The van der Waals surface area contributed by atoms with Crippen molar-refractivity contribution in [3.8, 4) is 17.0 Å². The Kier molecular flexibility index (Phi) is 7.01. The molecule has 2 aromatic carbocycles. The Morgan fingerprint density at radius 3 is 2.44 bits per heavy atom. The van der Waals surface area contributed by atoms with Crippen LogP contribution in [0.1, 0.15) is 74.0 Å². The summed E-state index contributed by atoms with van der Waals surface area (Å²) in [5, 5.41) is 21.0. The number of aryl methyl sites for hydroxylation is 1. The third-order valence-corrected chi connectivity index (χ3v) is 6.27. The maximum absolute atomic E-state index is 12.8. The molecule has 7 heteroatoms. The number of phenols is 1. The lowest BCUT2D eigenvalue weighted by atomic mass is 10.0. The first-order valence-corrected chi connectivity index (χ1v) is 12.0. The van der Waals surface area contributed by atoms with Gasteiger partial charge in [0.2, 0.25) is 0 Å². The van der Waals surface area contributed by atoms with Crippen LogP contribution in [-0.2, 0) is 6.42 Å². The van der Waals surface area contributed by atoms with E-state index in [1.165, 1.54) is 16.3 Å². The van der Waals surface area contributed by atoms with Gasteiger partial charge in [-0.2, -0.15) is 9.78 Å². The van der Waals surface area contributed by atoms with Crippen LogP contribution in [0.15, 0.2) is 48.5 Å². The average Bonchev–Trinajstić information content (AvgIpc) is 3.50. The van der Waals surface area contributed by atoms with E-state index in [0.717, 1.165) is 37.8 Å². The van der Waals surface area contributed by atoms with Gasteiger partial charge in [-0.3, -0.25) is 4.79 Å². The van der Waals surface area contributed by atoms with Crippen LogP contribution >= 0.6 is 0 Å². The molecule has 0 radical (unpaired) electrons. The smallest absolute Gasteiger partial charge is 0.342 e. The number of hydrogen-bond donors (Lipinski definition) is 3. The molecule has 3 aromatic rings. The molecule has 0 bridgehead atoms. The maximum atomic E-state index is 12.8. The molecule has 178 valence electrons. The van der Waals surface area contributed by atoms with Gasteiger partial charge in [0.1, 0.15) is 5.75 Å². The summed E-state index contributed by atoms with van der Waals surface area (Å²) in [6.07, 6.45) is 5.19. The molecular formula is C27H32N4O3. The molecule has 1 aliphatic carbocycles. The lowest BCUT2D eigenvalue weighted by Gasteiger charge is -2.13. The van der Waals surface area contributed by atoms with Crippen LogP contribution < -0.4 is 10.6 Å². The quantitative estimate of drug-likeness (QED) is 0.412. The van der Waals surface area contributed by atoms with Crippen LogP contribution in [-0.4, -0.2) is 32.9 Å². The number of phenolic OH excluding ortho intramolecular Hbond substituents is 1. The van der Waals surface area contributed by atoms with Crippen LogP contribution in [0.4, 0.5) is 10.5 Å². The van der Waals surface area contributed by atoms with Gasteiger partial charge in [-0.05, 0) is 75.1 Å². The number of aromatic nitrogens is 2. The summed E-state index contributed by atoms with van der Waals surface area (Å²) >= 11 is 0. The van der Waals surface area contributed by atoms with E-state index >= 15 is 0 Å². The van der Waals surface area contributed by atoms with Crippen LogP contribution in [0.2, 0.25) is 0 Å². The summed E-state index contributed by atoms with van der Waals surface area (Å²) < 4.78 is 1.44. The number of rotatable bonds is 6. The van der Waals surface area contributed by atoms with E-state index in [-0.39, 0.29) is 29.6 Å². The monoisotopic (exact) mass is 460 g/mol. The van der Waals surface area contributed by atoms with Crippen molar-refractivity contribution in [2.24, 2.45) is 0 Å². The average molecular weight is 461 g/mol. The van der Waals surface area contributed by atoms with Crippen molar-refractivity contribution in [2.75, 3.05) is 5.32 Å². The molecule has 0 saturated heterocycles. The summed E-state index contributed by atoms with van der Waals surface area (Å²) in [4.78, 5) is 25.6. The minimum atomic E-state index is -0.275. The first-order chi connectivity index (χ1) is 16.4. The summed E-state index contributed by atoms with van der Waals surface area (Å²) in [6, 6.07) is 14.0. The van der Waals surface area contributed by atoms with Gasteiger partial charge in [-0.1, -0.05) is 31.9 Å². The van der Waals surface area contributed by atoms with Gasteiger partial charge in [0.15, 0.2) is 0 Å². The van der Waals surface area contributed by atoms with Gasteiger partial charge in [0, 0.05) is 28.8 Å². The third-order valence-electron chi connectivity index (χ3n) is 6.27. The van der Waals surface area contributed by atoms with Crippen molar-refractivity contribution >= 4 is 17.6 Å². The Morgan fingerprint density at radius 2 is 1.79 bits per heavy atom. The second kappa shape index (κ2) is 10.1. The fourth-order valence-corrected chi connectivity index (χ4v) is 4.42. The Morgan fingerprint density at radius 1 is 1.09 bits per heavy atom. The summed E-state index contributed by atoms with van der Waals surface area (Å²) in [6.45, 7) is 5.88. The Bertz CT molecular complexity index is 1180. The van der Waals surface area contributed by atoms with Gasteiger partial charge >= 0.3 is 6.03 Å². The zero-order valence-corrected chi connectivity index (χ0v) is 20.0. The van der Waals surface area contributed by atoms with Crippen molar-refractivity contribution in [2.45, 2.75) is 64.8 Å². The number of nitrogens with zero attached hydrogens (tertiary/aromatic N) is 2. The van der Waals surface area contributed by atoms with Crippen LogP contribution in [0.25, 0.3) is 11.3 Å². The summed E-state index contributed by atoms with van der Waals surface area (Å²) in [5.41, 5.74) is 4.09. The molecule has 1 aliphatic rings. The fraction of sp³-hybridized carbons (Fsp3) is 0.370. The molecule has 1 aromatic heterocycles. The zero-order valence-electron chi connectivity index (χ0n) is 20.0. The number of anilines is 1. The number of aromatic hydroxyl groups is 1. The summed E-state index contributed by atoms with van der Waals surface area (Å²) in [5.74, 6) is 0.0697. The predicted octanol–water partition coefficient (Wildman–Crippen LogP) is 5.69. The number of carbonyl (C=O) groups is 2. The van der Waals surface area contributed by atoms with E-state index in [1.54, 1.807) is 24.3 Å². The van der Waals surface area contributed by atoms with Crippen LogP contribution in [0.5, 0.6) is 5.75 Å². The number of benzene rings is 2. The topological polar surface area (TPSA) is 96.2 Å². The van der Waals surface area contributed by atoms with E-state index in [1.807, 2.05) is 32.0 Å². The van der Waals surface area contributed by atoms with Crippen molar-refractivity contribution in [3.63, 3.8) is 0 Å². The Hall–Kier alpha value is -3.61.